The molecule has 2 rings (SSSR count). The van der Waals surface area contributed by atoms with Crippen LogP contribution >= 0.6 is 0 Å². The molecular formula is C17H25NO3. The zero-order valence-corrected chi connectivity index (χ0v) is 12.5. The average Bonchev–Trinajstić information content (AvgIpc) is 3.00. The van der Waals surface area contributed by atoms with Gasteiger partial charge in [-0.2, -0.15) is 0 Å². The lowest BCUT2D eigenvalue weighted by molar-refractivity contribution is 0.0697. The van der Waals surface area contributed by atoms with Gasteiger partial charge in [-0.3, -0.25) is 0 Å². The van der Waals surface area contributed by atoms with Crippen molar-refractivity contribution in [3.63, 3.8) is 0 Å². The van der Waals surface area contributed by atoms with Gasteiger partial charge in [0.15, 0.2) is 0 Å². The van der Waals surface area contributed by atoms with Crippen LogP contribution in [0.4, 0.5) is 0 Å². The number of benzene rings is 1. The van der Waals surface area contributed by atoms with E-state index in [2.05, 4.69) is 5.32 Å². The van der Waals surface area contributed by atoms with Crippen LogP contribution in [0.25, 0.3) is 0 Å². The molecule has 1 aliphatic rings. The highest BCUT2D eigenvalue weighted by Gasteiger charge is 2.13. The second-order valence-electron chi connectivity index (χ2n) is 5.72. The Bertz CT molecular complexity index is 424. The summed E-state index contributed by atoms with van der Waals surface area (Å²) in [5, 5.41) is 12.2. The first kappa shape index (κ1) is 15.8. The molecule has 0 spiro atoms. The van der Waals surface area contributed by atoms with Gasteiger partial charge in [0.25, 0.3) is 0 Å². The Kier molecular flexibility index (Phi) is 6.54. The van der Waals surface area contributed by atoms with E-state index in [0.29, 0.717) is 12.4 Å². The molecule has 1 saturated carbocycles. The monoisotopic (exact) mass is 291 g/mol. The molecule has 0 aromatic heterocycles. The van der Waals surface area contributed by atoms with Gasteiger partial charge in [0.05, 0.1) is 5.56 Å². The molecule has 4 heteroatoms. The molecule has 0 amide bonds. The summed E-state index contributed by atoms with van der Waals surface area (Å²) >= 11 is 0. The average molecular weight is 291 g/mol. The van der Waals surface area contributed by atoms with Crippen LogP contribution < -0.4 is 10.1 Å². The summed E-state index contributed by atoms with van der Waals surface area (Å²) in [6.07, 6.45) is 8.30. The second-order valence-corrected chi connectivity index (χ2v) is 5.72. The maximum Gasteiger partial charge on any atom is 0.335 e. The van der Waals surface area contributed by atoms with Crippen LogP contribution in [0, 0.1) is 5.92 Å². The molecule has 0 atom stereocenters. The molecule has 1 fully saturated rings. The molecule has 2 N–H and O–H groups in total. The Morgan fingerprint density at radius 3 is 2.57 bits per heavy atom. The number of rotatable bonds is 9. The molecule has 0 saturated heterocycles. The van der Waals surface area contributed by atoms with Crippen molar-refractivity contribution < 1.29 is 14.6 Å². The van der Waals surface area contributed by atoms with E-state index in [0.717, 1.165) is 19.0 Å². The molecule has 0 radical (unpaired) electrons. The Labute approximate surface area is 126 Å². The summed E-state index contributed by atoms with van der Waals surface area (Å²) < 4.78 is 5.57. The van der Waals surface area contributed by atoms with Gasteiger partial charge in [-0.15, -0.1) is 0 Å². The van der Waals surface area contributed by atoms with Crippen molar-refractivity contribution in [2.24, 2.45) is 5.92 Å². The van der Waals surface area contributed by atoms with Crippen molar-refractivity contribution in [1.82, 2.24) is 5.32 Å². The number of hydrogen-bond donors (Lipinski definition) is 2. The molecule has 1 aromatic carbocycles. The van der Waals surface area contributed by atoms with Gasteiger partial charge in [-0.05, 0) is 49.6 Å². The first-order valence-electron chi connectivity index (χ1n) is 7.92. The van der Waals surface area contributed by atoms with E-state index in [-0.39, 0.29) is 5.56 Å². The van der Waals surface area contributed by atoms with E-state index in [4.69, 9.17) is 9.84 Å². The van der Waals surface area contributed by atoms with Gasteiger partial charge < -0.3 is 15.2 Å². The van der Waals surface area contributed by atoms with Gasteiger partial charge in [-0.25, -0.2) is 4.79 Å². The fourth-order valence-electron chi connectivity index (χ4n) is 2.87. The lowest BCUT2D eigenvalue weighted by Crippen LogP contribution is -2.22. The number of carboxylic acid groups (broad SMARTS) is 1. The van der Waals surface area contributed by atoms with Crippen LogP contribution in [0.1, 0.15) is 48.9 Å². The van der Waals surface area contributed by atoms with E-state index in [9.17, 15) is 4.79 Å². The molecule has 1 aromatic rings. The zero-order chi connectivity index (χ0) is 14.9. The van der Waals surface area contributed by atoms with Gasteiger partial charge in [-0.1, -0.05) is 25.7 Å². The van der Waals surface area contributed by atoms with E-state index in [1.165, 1.54) is 38.5 Å². The topological polar surface area (TPSA) is 58.6 Å². The minimum Gasteiger partial charge on any atom is -0.492 e. The Morgan fingerprint density at radius 1 is 1.19 bits per heavy atom. The van der Waals surface area contributed by atoms with Crippen LogP contribution in [-0.4, -0.2) is 30.8 Å². The molecule has 0 heterocycles. The predicted molar refractivity (Wildman–Crippen MR) is 83.0 cm³/mol. The van der Waals surface area contributed by atoms with Crippen LogP contribution in [0.3, 0.4) is 0 Å². The smallest absolute Gasteiger partial charge is 0.335 e. The minimum absolute atomic E-state index is 0.285. The number of ether oxygens (including phenoxy) is 1. The van der Waals surface area contributed by atoms with Crippen LogP contribution in [0.15, 0.2) is 24.3 Å². The summed E-state index contributed by atoms with van der Waals surface area (Å²) in [7, 11) is 0. The van der Waals surface area contributed by atoms with Gasteiger partial charge >= 0.3 is 5.97 Å². The molecule has 21 heavy (non-hydrogen) atoms. The van der Waals surface area contributed by atoms with Gasteiger partial charge in [0.2, 0.25) is 0 Å². The lowest BCUT2D eigenvalue weighted by Gasteiger charge is -2.10. The number of aromatic carboxylic acids is 1. The standard InChI is InChI=1S/C17H25NO3/c19-17(20)15-7-9-16(10-8-15)21-13-12-18-11-3-6-14-4-1-2-5-14/h7-10,14,18H,1-6,11-13H2,(H,19,20). The summed E-state index contributed by atoms with van der Waals surface area (Å²) in [5.41, 5.74) is 0.285. The highest BCUT2D eigenvalue weighted by Crippen LogP contribution is 2.28. The Balaban J connectivity index is 1.50. The van der Waals surface area contributed by atoms with Gasteiger partial charge in [0.1, 0.15) is 12.4 Å². The Morgan fingerprint density at radius 2 is 1.90 bits per heavy atom. The predicted octanol–water partition coefficient (Wildman–Crippen LogP) is 3.32. The van der Waals surface area contributed by atoms with Crippen LogP contribution in [0.5, 0.6) is 5.75 Å². The first-order chi connectivity index (χ1) is 10.3. The summed E-state index contributed by atoms with van der Waals surface area (Å²) in [5.74, 6) is 0.772. The van der Waals surface area contributed by atoms with Crippen LogP contribution in [-0.2, 0) is 0 Å². The summed E-state index contributed by atoms with van der Waals surface area (Å²) in [6.45, 7) is 2.49. The third kappa shape index (κ3) is 5.76. The number of nitrogens with one attached hydrogen (secondary N) is 1. The summed E-state index contributed by atoms with van der Waals surface area (Å²) in [4.78, 5) is 10.7. The van der Waals surface area contributed by atoms with E-state index in [1.54, 1.807) is 24.3 Å². The van der Waals surface area contributed by atoms with Crippen molar-refractivity contribution >= 4 is 5.97 Å². The van der Waals surface area contributed by atoms with Crippen molar-refractivity contribution in [3.8, 4) is 5.75 Å². The fraction of sp³-hybridized carbons (Fsp3) is 0.588. The lowest BCUT2D eigenvalue weighted by atomic mass is 10.0. The third-order valence-electron chi connectivity index (χ3n) is 4.09. The van der Waals surface area contributed by atoms with E-state index < -0.39 is 5.97 Å². The maximum atomic E-state index is 10.7. The quantitative estimate of drug-likeness (QED) is 0.685. The van der Waals surface area contributed by atoms with E-state index in [1.807, 2.05) is 0 Å². The molecule has 1 aliphatic carbocycles. The molecule has 4 nitrogen and oxygen atoms in total. The molecule has 0 bridgehead atoms. The number of carbonyl (C=O) groups is 1. The second kappa shape index (κ2) is 8.67. The number of carboxylic acids is 1. The Hall–Kier alpha value is -1.55. The maximum absolute atomic E-state index is 10.7. The van der Waals surface area contributed by atoms with Crippen molar-refractivity contribution in [1.29, 1.82) is 0 Å². The molecule has 0 unspecified atom stereocenters. The number of hydrogen-bond acceptors (Lipinski definition) is 3. The van der Waals surface area contributed by atoms with Crippen molar-refractivity contribution in [2.75, 3.05) is 19.7 Å². The van der Waals surface area contributed by atoms with Crippen molar-refractivity contribution in [3.05, 3.63) is 29.8 Å². The molecule has 0 aliphatic heterocycles. The highest BCUT2D eigenvalue weighted by molar-refractivity contribution is 5.87. The zero-order valence-electron chi connectivity index (χ0n) is 12.5. The van der Waals surface area contributed by atoms with E-state index >= 15 is 0 Å². The third-order valence-corrected chi connectivity index (χ3v) is 4.09. The van der Waals surface area contributed by atoms with Crippen LogP contribution in [0.2, 0.25) is 0 Å². The largest absolute Gasteiger partial charge is 0.492 e. The highest BCUT2D eigenvalue weighted by atomic mass is 16.5. The molecular weight excluding hydrogens is 266 g/mol. The van der Waals surface area contributed by atoms with Crippen molar-refractivity contribution in [2.45, 2.75) is 38.5 Å². The first-order valence-corrected chi connectivity index (χ1v) is 7.92. The summed E-state index contributed by atoms with van der Waals surface area (Å²) in [6, 6.07) is 6.52. The minimum atomic E-state index is -0.912. The van der Waals surface area contributed by atoms with Gasteiger partial charge in [0, 0.05) is 6.54 Å². The fourth-order valence-corrected chi connectivity index (χ4v) is 2.87. The SMILES string of the molecule is O=C(O)c1ccc(OCCNCCCC2CCCC2)cc1. The normalized spacial score (nSPS) is 15.2. The molecule has 116 valence electrons.